The van der Waals surface area contributed by atoms with Crippen molar-refractivity contribution < 1.29 is 14.7 Å². The Morgan fingerprint density at radius 1 is 1.19 bits per heavy atom. The summed E-state index contributed by atoms with van der Waals surface area (Å²) >= 11 is 1.36. The second-order valence-corrected chi connectivity index (χ2v) is 5.84. The first-order valence-corrected chi connectivity index (χ1v) is 7.51. The minimum atomic E-state index is -0.938. The van der Waals surface area contributed by atoms with Crippen LogP contribution in [0.1, 0.15) is 33.8 Å². The smallest absolute Gasteiger partial charge is 0.308 e. The summed E-state index contributed by atoms with van der Waals surface area (Å²) in [4.78, 5) is 24.3. The summed E-state index contributed by atoms with van der Waals surface area (Å²) < 4.78 is 0. The fraction of sp³-hybridized carbons (Fsp3) is 0.250. The number of carboxylic acid groups (broad SMARTS) is 1. The van der Waals surface area contributed by atoms with Gasteiger partial charge in [-0.1, -0.05) is 30.3 Å². The summed E-state index contributed by atoms with van der Waals surface area (Å²) in [5.41, 5.74) is 1.68. The molecular weight excluding hydrogens is 286 g/mol. The van der Waals surface area contributed by atoms with E-state index in [1.54, 1.807) is 6.92 Å². The average molecular weight is 303 g/mol. The second kappa shape index (κ2) is 6.54. The average Bonchev–Trinajstić information content (AvgIpc) is 2.91. The first-order valence-electron chi connectivity index (χ1n) is 6.63. The third-order valence-electron chi connectivity index (χ3n) is 3.40. The van der Waals surface area contributed by atoms with Gasteiger partial charge in [-0.2, -0.15) is 0 Å². The summed E-state index contributed by atoms with van der Waals surface area (Å²) in [5.74, 6) is -1.88. The van der Waals surface area contributed by atoms with Gasteiger partial charge in [-0.25, -0.2) is 0 Å². The number of aryl methyl sites for hydroxylation is 1. The van der Waals surface area contributed by atoms with Crippen LogP contribution in [0.25, 0.3) is 0 Å². The minimum absolute atomic E-state index is 0.232. The van der Waals surface area contributed by atoms with Gasteiger partial charge in [0.05, 0.1) is 16.8 Å². The molecule has 1 amide bonds. The van der Waals surface area contributed by atoms with Crippen molar-refractivity contribution in [2.45, 2.75) is 19.9 Å². The third-order valence-corrected chi connectivity index (χ3v) is 4.42. The summed E-state index contributed by atoms with van der Waals surface area (Å²) in [6, 6.07) is 10.5. The van der Waals surface area contributed by atoms with Crippen LogP contribution in [0.2, 0.25) is 0 Å². The number of hydrogen-bond acceptors (Lipinski definition) is 3. The lowest BCUT2D eigenvalue weighted by molar-refractivity contribution is -0.142. The Morgan fingerprint density at radius 2 is 1.86 bits per heavy atom. The molecule has 1 aromatic carbocycles. The van der Waals surface area contributed by atoms with E-state index in [0.717, 1.165) is 11.1 Å². The van der Waals surface area contributed by atoms with Gasteiger partial charge >= 0.3 is 5.97 Å². The largest absolute Gasteiger partial charge is 0.481 e. The zero-order chi connectivity index (χ0) is 15.4. The zero-order valence-electron chi connectivity index (χ0n) is 11.9. The molecular formula is C16H17NO3S. The van der Waals surface area contributed by atoms with E-state index in [0.29, 0.717) is 4.88 Å². The number of carbonyl (C=O) groups excluding carboxylic acids is 1. The summed E-state index contributed by atoms with van der Waals surface area (Å²) in [5, 5.41) is 14.0. The van der Waals surface area contributed by atoms with Crippen molar-refractivity contribution in [1.82, 2.24) is 5.32 Å². The van der Waals surface area contributed by atoms with Crippen LogP contribution in [0, 0.1) is 12.8 Å². The van der Waals surface area contributed by atoms with Crippen molar-refractivity contribution in [3.8, 4) is 0 Å². The molecule has 0 bridgehead atoms. The molecule has 2 atom stereocenters. The molecule has 5 heteroatoms. The Hall–Kier alpha value is -2.14. The number of hydrogen-bond donors (Lipinski definition) is 2. The highest BCUT2D eigenvalue weighted by Crippen LogP contribution is 2.24. The lowest BCUT2D eigenvalue weighted by atomic mass is 9.94. The van der Waals surface area contributed by atoms with E-state index in [-0.39, 0.29) is 5.91 Å². The topological polar surface area (TPSA) is 66.4 Å². The monoisotopic (exact) mass is 303 g/mol. The molecule has 0 fully saturated rings. The van der Waals surface area contributed by atoms with Crippen LogP contribution in [0.15, 0.2) is 41.8 Å². The summed E-state index contributed by atoms with van der Waals surface area (Å²) in [6.07, 6.45) is 0. The first-order chi connectivity index (χ1) is 10.0. The predicted molar refractivity (Wildman–Crippen MR) is 82.5 cm³/mol. The third kappa shape index (κ3) is 3.49. The van der Waals surface area contributed by atoms with E-state index < -0.39 is 17.9 Å². The van der Waals surface area contributed by atoms with Crippen molar-refractivity contribution in [2.75, 3.05) is 0 Å². The van der Waals surface area contributed by atoms with Gasteiger partial charge in [-0.05, 0) is 36.4 Å². The van der Waals surface area contributed by atoms with Gasteiger partial charge in [-0.15, -0.1) is 11.3 Å². The molecule has 0 aliphatic rings. The Morgan fingerprint density at radius 3 is 2.38 bits per heavy atom. The van der Waals surface area contributed by atoms with Crippen LogP contribution in [-0.2, 0) is 4.79 Å². The number of benzene rings is 1. The van der Waals surface area contributed by atoms with Gasteiger partial charge < -0.3 is 10.4 Å². The first kappa shape index (κ1) is 15.3. The molecule has 0 saturated carbocycles. The standard InChI is InChI=1S/C16H17NO3S/c1-10-8-9-21-14(10)15(18)17-13(11(2)16(19)20)12-6-4-3-5-7-12/h3-9,11,13H,1-2H3,(H,17,18)(H,19,20)/t11-,13+/m0/s1. The quantitative estimate of drug-likeness (QED) is 0.891. The maximum absolute atomic E-state index is 12.3. The number of aliphatic carboxylic acids is 1. The number of thiophene rings is 1. The predicted octanol–water partition coefficient (Wildman–Crippen LogP) is 3.25. The summed E-state index contributed by atoms with van der Waals surface area (Å²) in [7, 11) is 0. The molecule has 21 heavy (non-hydrogen) atoms. The molecule has 0 saturated heterocycles. The molecule has 1 heterocycles. The molecule has 2 N–H and O–H groups in total. The molecule has 1 aromatic heterocycles. The molecule has 0 aliphatic heterocycles. The van der Waals surface area contributed by atoms with Crippen LogP contribution < -0.4 is 5.32 Å². The van der Waals surface area contributed by atoms with Gasteiger partial charge in [0, 0.05) is 0 Å². The second-order valence-electron chi connectivity index (χ2n) is 4.92. The fourth-order valence-corrected chi connectivity index (χ4v) is 2.94. The molecule has 0 spiro atoms. The number of rotatable bonds is 5. The van der Waals surface area contributed by atoms with E-state index in [4.69, 9.17) is 0 Å². The highest BCUT2D eigenvalue weighted by Gasteiger charge is 2.27. The summed E-state index contributed by atoms with van der Waals surface area (Å²) in [6.45, 7) is 3.46. The number of nitrogens with one attached hydrogen (secondary N) is 1. The van der Waals surface area contributed by atoms with E-state index >= 15 is 0 Å². The lowest BCUT2D eigenvalue weighted by Gasteiger charge is -2.22. The maximum atomic E-state index is 12.3. The molecule has 4 nitrogen and oxygen atoms in total. The molecule has 2 rings (SSSR count). The highest BCUT2D eigenvalue weighted by molar-refractivity contribution is 7.12. The van der Waals surface area contributed by atoms with E-state index in [1.807, 2.05) is 48.7 Å². The molecule has 110 valence electrons. The molecule has 2 aromatic rings. The van der Waals surface area contributed by atoms with Crippen molar-refractivity contribution >= 4 is 23.2 Å². The minimum Gasteiger partial charge on any atom is -0.481 e. The maximum Gasteiger partial charge on any atom is 0.308 e. The van der Waals surface area contributed by atoms with Crippen molar-refractivity contribution in [3.05, 3.63) is 57.8 Å². The van der Waals surface area contributed by atoms with Crippen molar-refractivity contribution in [1.29, 1.82) is 0 Å². The zero-order valence-corrected chi connectivity index (χ0v) is 12.7. The Kier molecular flexibility index (Phi) is 4.75. The Bertz CT molecular complexity index is 636. The van der Waals surface area contributed by atoms with Gasteiger partial charge in [-0.3, -0.25) is 9.59 Å². The van der Waals surface area contributed by atoms with Crippen molar-refractivity contribution in [2.24, 2.45) is 5.92 Å². The van der Waals surface area contributed by atoms with Crippen LogP contribution in [0.4, 0.5) is 0 Å². The molecule has 0 radical (unpaired) electrons. The highest BCUT2D eigenvalue weighted by atomic mass is 32.1. The van der Waals surface area contributed by atoms with Crippen molar-refractivity contribution in [3.63, 3.8) is 0 Å². The van der Waals surface area contributed by atoms with E-state index in [9.17, 15) is 14.7 Å². The number of amides is 1. The normalized spacial score (nSPS) is 13.4. The van der Waals surface area contributed by atoms with Gasteiger partial charge in [0.1, 0.15) is 0 Å². The number of carbonyl (C=O) groups is 2. The lowest BCUT2D eigenvalue weighted by Crippen LogP contribution is -2.35. The van der Waals surface area contributed by atoms with Crippen LogP contribution in [-0.4, -0.2) is 17.0 Å². The van der Waals surface area contributed by atoms with Crippen LogP contribution in [0.3, 0.4) is 0 Å². The van der Waals surface area contributed by atoms with E-state index in [2.05, 4.69) is 5.32 Å². The number of carboxylic acids is 1. The SMILES string of the molecule is Cc1ccsc1C(=O)N[C@@H](c1ccccc1)[C@H](C)C(=O)O. The Labute approximate surface area is 127 Å². The van der Waals surface area contributed by atoms with Gasteiger partial charge in [0.15, 0.2) is 0 Å². The van der Waals surface area contributed by atoms with Crippen LogP contribution >= 0.6 is 11.3 Å². The molecule has 0 aliphatic carbocycles. The Balaban J connectivity index is 2.27. The van der Waals surface area contributed by atoms with Crippen LogP contribution in [0.5, 0.6) is 0 Å². The van der Waals surface area contributed by atoms with E-state index in [1.165, 1.54) is 11.3 Å². The fourth-order valence-electron chi connectivity index (χ4n) is 2.11. The van der Waals surface area contributed by atoms with Gasteiger partial charge in [0.25, 0.3) is 5.91 Å². The molecule has 0 unspecified atom stereocenters. The van der Waals surface area contributed by atoms with Gasteiger partial charge in [0.2, 0.25) is 0 Å².